The number of carbonyl (C=O) groups is 3. The van der Waals surface area contributed by atoms with Crippen LogP contribution in [0.2, 0.25) is 0 Å². The summed E-state index contributed by atoms with van der Waals surface area (Å²) in [5, 5.41) is 3.46. The van der Waals surface area contributed by atoms with Crippen LogP contribution in [0.5, 0.6) is 5.75 Å². The number of hydrogen-bond acceptors (Lipinski definition) is 4. The Balaban J connectivity index is 1.41. The SMILES string of the molecule is CC[C@@]1(c2ccccc2)NC(=O)N(NC(=O)COc2ccc3c(c2)CCC3)C1=O. The molecule has 0 spiro atoms. The lowest BCUT2D eigenvalue weighted by Gasteiger charge is -2.25. The first kappa shape index (κ1) is 19.0. The molecule has 2 aliphatic rings. The number of fused-ring (bicyclic) bond motifs is 1. The minimum Gasteiger partial charge on any atom is -0.484 e. The van der Waals surface area contributed by atoms with Crippen molar-refractivity contribution >= 4 is 17.8 Å². The van der Waals surface area contributed by atoms with E-state index in [0.29, 0.717) is 17.7 Å². The Morgan fingerprint density at radius 3 is 2.66 bits per heavy atom. The molecule has 0 aromatic heterocycles. The summed E-state index contributed by atoms with van der Waals surface area (Å²) in [4.78, 5) is 37.7. The third-order valence-corrected chi connectivity index (χ3v) is 5.56. The van der Waals surface area contributed by atoms with Gasteiger partial charge in [-0.3, -0.25) is 15.0 Å². The van der Waals surface area contributed by atoms with Crippen LogP contribution < -0.4 is 15.5 Å². The summed E-state index contributed by atoms with van der Waals surface area (Å²) in [5.74, 6) is -0.485. The van der Waals surface area contributed by atoms with Gasteiger partial charge in [-0.25, -0.2) is 4.79 Å². The van der Waals surface area contributed by atoms with Crippen molar-refractivity contribution in [1.82, 2.24) is 15.8 Å². The normalized spacial score (nSPS) is 20.4. The molecule has 2 N–H and O–H groups in total. The molecule has 0 unspecified atom stereocenters. The molecular weight excluding hydrogens is 370 g/mol. The van der Waals surface area contributed by atoms with Crippen LogP contribution in [-0.2, 0) is 28.0 Å². The maximum atomic E-state index is 13.0. The van der Waals surface area contributed by atoms with Crippen molar-refractivity contribution in [2.45, 2.75) is 38.1 Å². The van der Waals surface area contributed by atoms with Crippen LogP contribution in [0.1, 0.15) is 36.5 Å². The predicted octanol–water partition coefficient (Wildman–Crippen LogP) is 2.44. The summed E-state index contributed by atoms with van der Waals surface area (Å²) in [6.45, 7) is 1.52. The third kappa shape index (κ3) is 3.44. The van der Waals surface area contributed by atoms with Gasteiger partial charge in [0, 0.05) is 0 Å². The number of rotatable bonds is 6. The van der Waals surface area contributed by atoms with E-state index < -0.39 is 23.4 Å². The molecule has 4 amide bonds. The fourth-order valence-electron chi connectivity index (χ4n) is 3.98. The molecule has 0 bridgehead atoms. The molecule has 2 aromatic rings. The van der Waals surface area contributed by atoms with Gasteiger partial charge in [0.1, 0.15) is 11.3 Å². The maximum Gasteiger partial charge on any atom is 0.344 e. The Morgan fingerprint density at radius 1 is 1.14 bits per heavy atom. The van der Waals surface area contributed by atoms with Crippen LogP contribution in [0, 0.1) is 0 Å². The van der Waals surface area contributed by atoms with Gasteiger partial charge in [-0.2, -0.15) is 5.01 Å². The highest BCUT2D eigenvalue weighted by Crippen LogP contribution is 2.31. The Hall–Kier alpha value is -3.35. The molecule has 0 saturated carbocycles. The van der Waals surface area contributed by atoms with Crippen LogP contribution in [0.3, 0.4) is 0 Å². The molecule has 150 valence electrons. The third-order valence-electron chi connectivity index (χ3n) is 5.56. The topological polar surface area (TPSA) is 87.7 Å². The number of imide groups is 1. The van der Waals surface area contributed by atoms with E-state index in [-0.39, 0.29) is 6.61 Å². The molecule has 29 heavy (non-hydrogen) atoms. The first-order valence-corrected chi connectivity index (χ1v) is 9.80. The van der Waals surface area contributed by atoms with E-state index in [9.17, 15) is 14.4 Å². The largest absolute Gasteiger partial charge is 0.484 e. The van der Waals surface area contributed by atoms with E-state index >= 15 is 0 Å². The molecule has 4 rings (SSSR count). The van der Waals surface area contributed by atoms with Gasteiger partial charge in [-0.1, -0.05) is 43.3 Å². The number of nitrogens with one attached hydrogen (secondary N) is 2. The van der Waals surface area contributed by atoms with Crippen LogP contribution >= 0.6 is 0 Å². The van der Waals surface area contributed by atoms with Gasteiger partial charge in [-0.15, -0.1) is 0 Å². The second-order valence-electron chi connectivity index (χ2n) is 7.30. The van der Waals surface area contributed by atoms with Gasteiger partial charge in [0.2, 0.25) is 0 Å². The van der Waals surface area contributed by atoms with Crippen molar-refractivity contribution < 1.29 is 19.1 Å². The number of hydrazine groups is 1. The zero-order valence-corrected chi connectivity index (χ0v) is 16.2. The van der Waals surface area contributed by atoms with E-state index in [0.717, 1.165) is 24.3 Å². The lowest BCUT2D eigenvalue weighted by atomic mass is 9.87. The Labute approximate surface area is 169 Å². The number of amides is 4. The fraction of sp³-hybridized carbons (Fsp3) is 0.318. The first-order valence-electron chi connectivity index (χ1n) is 9.80. The predicted molar refractivity (Wildman–Crippen MR) is 106 cm³/mol. The summed E-state index contributed by atoms with van der Waals surface area (Å²) < 4.78 is 5.56. The van der Waals surface area contributed by atoms with Gasteiger partial charge >= 0.3 is 6.03 Å². The molecule has 2 aromatic carbocycles. The average Bonchev–Trinajstić information content (AvgIpc) is 3.31. The zero-order valence-electron chi connectivity index (χ0n) is 16.2. The highest BCUT2D eigenvalue weighted by molar-refractivity contribution is 6.08. The highest BCUT2D eigenvalue weighted by Gasteiger charge is 2.52. The van der Waals surface area contributed by atoms with Crippen LogP contribution in [0.25, 0.3) is 0 Å². The molecule has 0 radical (unpaired) electrons. The minimum atomic E-state index is -1.19. The fourth-order valence-corrected chi connectivity index (χ4v) is 3.98. The molecule has 1 atom stereocenters. The van der Waals surface area contributed by atoms with Crippen molar-refractivity contribution in [2.24, 2.45) is 0 Å². The van der Waals surface area contributed by atoms with E-state index in [4.69, 9.17) is 4.74 Å². The Bertz CT molecular complexity index is 960. The molecule has 1 fully saturated rings. The molecule has 1 saturated heterocycles. The van der Waals surface area contributed by atoms with E-state index in [1.165, 1.54) is 11.1 Å². The number of urea groups is 1. The average molecular weight is 393 g/mol. The van der Waals surface area contributed by atoms with Crippen LogP contribution in [0.15, 0.2) is 48.5 Å². The second kappa shape index (κ2) is 7.58. The van der Waals surface area contributed by atoms with Crippen molar-refractivity contribution in [3.8, 4) is 5.75 Å². The number of carbonyl (C=O) groups excluding carboxylic acids is 3. The van der Waals surface area contributed by atoms with Gasteiger partial charge < -0.3 is 10.1 Å². The van der Waals surface area contributed by atoms with E-state index in [2.05, 4.69) is 10.7 Å². The lowest BCUT2D eigenvalue weighted by molar-refractivity contribution is -0.140. The Morgan fingerprint density at radius 2 is 1.90 bits per heavy atom. The van der Waals surface area contributed by atoms with Gasteiger partial charge in [-0.05, 0) is 54.5 Å². The van der Waals surface area contributed by atoms with Gasteiger partial charge in [0.15, 0.2) is 6.61 Å². The number of ether oxygens (including phenoxy) is 1. The first-order chi connectivity index (χ1) is 14.0. The van der Waals surface area contributed by atoms with Crippen molar-refractivity contribution in [3.63, 3.8) is 0 Å². The van der Waals surface area contributed by atoms with Crippen LogP contribution in [0.4, 0.5) is 4.79 Å². The van der Waals surface area contributed by atoms with Gasteiger partial charge in [0.25, 0.3) is 11.8 Å². The molecule has 7 nitrogen and oxygen atoms in total. The van der Waals surface area contributed by atoms with Gasteiger partial charge in [0.05, 0.1) is 0 Å². The van der Waals surface area contributed by atoms with Crippen LogP contribution in [-0.4, -0.2) is 29.5 Å². The summed E-state index contributed by atoms with van der Waals surface area (Å²) >= 11 is 0. The summed E-state index contributed by atoms with van der Waals surface area (Å²) in [7, 11) is 0. The second-order valence-corrected chi connectivity index (χ2v) is 7.30. The smallest absolute Gasteiger partial charge is 0.344 e. The molecular formula is C22H23N3O4. The van der Waals surface area contributed by atoms with E-state index in [1.807, 2.05) is 31.2 Å². The molecule has 1 aliphatic carbocycles. The highest BCUT2D eigenvalue weighted by atomic mass is 16.5. The summed E-state index contributed by atoms with van der Waals surface area (Å²) in [5.41, 5.74) is 4.41. The quantitative estimate of drug-likeness (QED) is 0.738. The summed E-state index contributed by atoms with van der Waals surface area (Å²) in [6.07, 6.45) is 3.58. The van der Waals surface area contributed by atoms with Crippen molar-refractivity contribution in [2.75, 3.05) is 6.61 Å². The Kier molecular flexibility index (Phi) is 4.96. The maximum absolute atomic E-state index is 13.0. The van der Waals surface area contributed by atoms with E-state index in [1.54, 1.807) is 24.3 Å². The van der Waals surface area contributed by atoms with Crippen molar-refractivity contribution in [3.05, 3.63) is 65.2 Å². The molecule has 1 aliphatic heterocycles. The number of hydrogen-bond donors (Lipinski definition) is 2. The molecule has 7 heteroatoms. The number of aryl methyl sites for hydroxylation is 2. The number of benzene rings is 2. The zero-order chi connectivity index (χ0) is 20.4. The summed E-state index contributed by atoms with van der Waals surface area (Å²) in [6, 6.07) is 14.1. The monoisotopic (exact) mass is 393 g/mol. The molecule has 1 heterocycles. The van der Waals surface area contributed by atoms with Crippen molar-refractivity contribution in [1.29, 1.82) is 0 Å². The minimum absolute atomic E-state index is 0.291. The lowest BCUT2D eigenvalue weighted by Crippen LogP contribution is -2.49. The number of nitrogens with zero attached hydrogens (tertiary/aromatic N) is 1. The standard InChI is InChI=1S/C22H23N3O4/c1-2-22(17-9-4-3-5-10-17)20(27)25(21(28)23-22)24-19(26)14-29-18-12-11-15-7-6-8-16(15)13-18/h3-5,9-13H,2,6-8,14H2,1H3,(H,23,28)(H,24,26)/t22-/m0/s1.